The van der Waals surface area contributed by atoms with Gasteiger partial charge in [-0.3, -0.25) is 14.9 Å². The van der Waals surface area contributed by atoms with Crippen LogP contribution in [0, 0.1) is 10.1 Å². The van der Waals surface area contributed by atoms with Crippen LogP contribution in [0.15, 0.2) is 34.9 Å². The van der Waals surface area contributed by atoms with Gasteiger partial charge in [0.15, 0.2) is 5.76 Å². The van der Waals surface area contributed by atoms with E-state index in [1.54, 1.807) is 6.07 Å². The van der Waals surface area contributed by atoms with E-state index in [9.17, 15) is 28.1 Å². The summed E-state index contributed by atoms with van der Waals surface area (Å²) in [6.45, 7) is 0.870. The fourth-order valence-corrected chi connectivity index (χ4v) is 3.14. The molecule has 0 spiro atoms. The van der Waals surface area contributed by atoms with E-state index in [0.717, 1.165) is 6.07 Å². The molecule has 2 aromatic rings. The van der Waals surface area contributed by atoms with Crippen molar-refractivity contribution in [2.24, 2.45) is 0 Å². The molecule has 7 nitrogen and oxygen atoms in total. The zero-order valence-electron chi connectivity index (χ0n) is 13.7. The van der Waals surface area contributed by atoms with Gasteiger partial charge in [0.2, 0.25) is 0 Å². The first kappa shape index (κ1) is 19.0. The quantitative estimate of drug-likeness (QED) is 0.575. The van der Waals surface area contributed by atoms with Gasteiger partial charge < -0.3 is 14.2 Å². The molecule has 3 rings (SSSR count). The molecule has 1 amide bonds. The van der Waals surface area contributed by atoms with E-state index in [4.69, 9.17) is 16.0 Å². The summed E-state index contributed by atoms with van der Waals surface area (Å²) in [7, 11) is 0. The standard InChI is InChI=1S/C16H13ClF3N3O4/c17-11-9-12(13(23(25)26)8-10(11)16(18,19)20)21-3-5-22(6-4-21)15(24)14-2-1-7-27-14/h1-2,7-9H,3-6H2. The molecule has 1 aromatic carbocycles. The molecule has 0 saturated carbocycles. The molecule has 11 heteroatoms. The van der Waals surface area contributed by atoms with Gasteiger partial charge in [-0.2, -0.15) is 13.2 Å². The molecule has 0 atom stereocenters. The number of furan rings is 1. The first-order valence-electron chi connectivity index (χ1n) is 7.81. The van der Waals surface area contributed by atoms with Crippen LogP contribution < -0.4 is 4.90 Å². The number of halogens is 4. The second-order valence-corrected chi connectivity index (χ2v) is 6.24. The smallest absolute Gasteiger partial charge is 0.418 e. The molecule has 1 fully saturated rings. The van der Waals surface area contributed by atoms with Crippen LogP contribution in [0.25, 0.3) is 0 Å². The molecule has 1 aliphatic heterocycles. The van der Waals surface area contributed by atoms with Crippen molar-refractivity contribution in [3.63, 3.8) is 0 Å². The van der Waals surface area contributed by atoms with Gasteiger partial charge in [-0.25, -0.2) is 0 Å². The van der Waals surface area contributed by atoms with E-state index in [2.05, 4.69) is 0 Å². The molecule has 1 saturated heterocycles. The van der Waals surface area contributed by atoms with E-state index >= 15 is 0 Å². The van der Waals surface area contributed by atoms with Crippen LogP contribution in [0.3, 0.4) is 0 Å². The summed E-state index contributed by atoms with van der Waals surface area (Å²) in [4.78, 5) is 25.7. The number of nitro groups is 1. The van der Waals surface area contributed by atoms with E-state index < -0.39 is 27.4 Å². The largest absolute Gasteiger partial charge is 0.459 e. The number of carbonyl (C=O) groups is 1. The number of carbonyl (C=O) groups excluding carboxylic acids is 1. The van der Waals surface area contributed by atoms with Crippen molar-refractivity contribution in [3.8, 4) is 0 Å². The minimum atomic E-state index is -4.80. The first-order chi connectivity index (χ1) is 12.7. The third-order valence-electron chi connectivity index (χ3n) is 4.21. The van der Waals surface area contributed by atoms with Crippen LogP contribution in [0.2, 0.25) is 5.02 Å². The Hall–Kier alpha value is -2.75. The van der Waals surface area contributed by atoms with Crippen molar-refractivity contribution in [1.82, 2.24) is 4.90 Å². The molecule has 0 N–H and O–H groups in total. The van der Waals surface area contributed by atoms with Crippen molar-refractivity contribution < 1.29 is 27.3 Å². The monoisotopic (exact) mass is 403 g/mol. The molecule has 1 aromatic heterocycles. The van der Waals surface area contributed by atoms with Gasteiger partial charge in [0.05, 0.1) is 21.8 Å². The summed E-state index contributed by atoms with van der Waals surface area (Å²) in [5.74, 6) is -0.147. The van der Waals surface area contributed by atoms with Gasteiger partial charge in [0.25, 0.3) is 11.6 Å². The molecular formula is C16H13ClF3N3O4. The summed E-state index contributed by atoms with van der Waals surface area (Å²) < 4.78 is 44.0. The van der Waals surface area contributed by atoms with Crippen LogP contribution in [-0.2, 0) is 6.18 Å². The highest BCUT2D eigenvalue weighted by Crippen LogP contribution is 2.41. The highest BCUT2D eigenvalue weighted by atomic mass is 35.5. The fraction of sp³-hybridized carbons (Fsp3) is 0.312. The molecule has 27 heavy (non-hydrogen) atoms. The van der Waals surface area contributed by atoms with Gasteiger partial charge in [-0.05, 0) is 18.2 Å². The number of alkyl halides is 3. The summed E-state index contributed by atoms with van der Waals surface area (Å²) in [5, 5.41) is 10.7. The van der Waals surface area contributed by atoms with Crippen molar-refractivity contribution in [2.75, 3.05) is 31.1 Å². The summed E-state index contributed by atoms with van der Waals surface area (Å²) in [6, 6.07) is 4.50. The Balaban J connectivity index is 1.82. The van der Waals surface area contributed by atoms with E-state index in [0.29, 0.717) is 6.07 Å². The highest BCUT2D eigenvalue weighted by Gasteiger charge is 2.37. The van der Waals surface area contributed by atoms with Gasteiger partial charge in [-0.1, -0.05) is 11.6 Å². The van der Waals surface area contributed by atoms with E-state index in [-0.39, 0.29) is 43.5 Å². The fourth-order valence-electron chi connectivity index (χ4n) is 2.87. The third kappa shape index (κ3) is 3.85. The lowest BCUT2D eigenvalue weighted by molar-refractivity contribution is -0.384. The zero-order valence-corrected chi connectivity index (χ0v) is 14.5. The molecule has 0 bridgehead atoms. The normalized spacial score (nSPS) is 15.1. The lowest BCUT2D eigenvalue weighted by Gasteiger charge is -2.35. The SMILES string of the molecule is O=C(c1ccco1)N1CCN(c2cc(Cl)c(C(F)(F)F)cc2[N+](=O)[O-])CC1. The maximum absolute atomic E-state index is 13.0. The molecular weight excluding hydrogens is 391 g/mol. The lowest BCUT2D eigenvalue weighted by atomic mass is 10.1. The Morgan fingerprint density at radius 2 is 1.89 bits per heavy atom. The Kier molecular flexibility index (Phi) is 5.01. The Bertz CT molecular complexity index is 863. The van der Waals surface area contributed by atoms with Crippen LogP contribution in [-0.4, -0.2) is 41.9 Å². The second kappa shape index (κ2) is 7.10. The number of nitro benzene ring substituents is 1. The van der Waals surface area contributed by atoms with Gasteiger partial charge in [-0.15, -0.1) is 0 Å². The maximum Gasteiger partial charge on any atom is 0.418 e. The van der Waals surface area contributed by atoms with Crippen molar-refractivity contribution in [2.45, 2.75) is 6.18 Å². The average Bonchev–Trinajstić information content (AvgIpc) is 3.14. The molecule has 144 valence electrons. The Morgan fingerprint density at radius 3 is 2.41 bits per heavy atom. The molecule has 1 aliphatic rings. The molecule has 0 radical (unpaired) electrons. The maximum atomic E-state index is 13.0. The third-order valence-corrected chi connectivity index (χ3v) is 4.52. The minimum Gasteiger partial charge on any atom is -0.459 e. The van der Waals surface area contributed by atoms with Crippen molar-refractivity contribution in [1.29, 1.82) is 0 Å². The summed E-state index contributed by atoms with van der Waals surface area (Å²) in [5.41, 5.74) is -1.95. The number of hydrogen-bond acceptors (Lipinski definition) is 5. The van der Waals surface area contributed by atoms with Crippen LogP contribution in [0.1, 0.15) is 16.1 Å². The van der Waals surface area contributed by atoms with E-state index in [1.807, 2.05) is 0 Å². The van der Waals surface area contributed by atoms with Gasteiger partial charge >= 0.3 is 6.18 Å². The van der Waals surface area contributed by atoms with Crippen molar-refractivity contribution in [3.05, 3.63) is 57.0 Å². The topological polar surface area (TPSA) is 79.8 Å². The number of rotatable bonds is 3. The number of nitrogens with zero attached hydrogens (tertiary/aromatic N) is 3. The molecule has 0 aliphatic carbocycles. The second-order valence-electron chi connectivity index (χ2n) is 5.83. The predicted octanol–water partition coefficient (Wildman–Crippen LogP) is 3.82. The first-order valence-corrected chi connectivity index (χ1v) is 8.19. The van der Waals surface area contributed by atoms with Crippen LogP contribution in [0.4, 0.5) is 24.5 Å². The highest BCUT2D eigenvalue weighted by molar-refractivity contribution is 6.31. The summed E-state index contributed by atoms with van der Waals surface area (Å²) in [6.07, 6.45) is -3.43. The van der Waals surface area contributed by atoms with Crippen molar-refractivity contribution >= 4 is 28.9 Å². The predicted molar refractivity (Wildman–Crippen MR) is 89.9 cm³/mol. The Morgan fingerprint density at radius 1 is 1.22 bits per heavy atom. The average molecular weight is 404 g/mol. The zero-order chi connectivity index (χ0) is 19.8. The van der Waals surface area contributed by atoms with E-state index in [1.165, 1.54) is 22.1 Å². The number of piperazine rings is 1. The Labute approximate surface area is 156 Å². The number of anilines is 1. The molecule has 0 unspecified atom stereocenters. The lowest BCUT2D eigenvalue weighted by Crippen LogP contribution is -2.48. The number of amides is 1. The summed E-state index contributed by atoms with van der Waals surface area (Å²) >= 11 is 5.71. The molecule has 2 heterocycles. The van der Waals surface area contributed by atoms with Crippen LogP contribution >= 0.6 is 11.6 Å². The van der Waals surface area contributed by atoms with Gasteiger partial charge in [0, 0.05) is 32.2 Å². The number of hydrogen-bond donors (Lipinski definition) is 0. The van der Waals surface area contributed by atoms with Gasteiger partial charge in [0.1, 0.15) is 5.69 Å². The van der Waals surface area contributed by atoms with Crippen LogP contribution in [0.5, 0.6) is 0 Å². The minimum absolute atomic E-state index is 0.0110. The number of benzene rings is 1.